The molecule has 18 heavy (non-hydrogen) atoms. The Hall–Kier alpha value is -2.14. The molecular formula is C13H11N3OS. The minimum absolute atomic E-state index is 0.597. The van der Waals surface area contributed by atoms with Gasteiger partial charge >= 0.3 is 0 Å². The van der Waals surface area contributed by atoms with Crippen LogP contribution in [0.25, 0.3) is 11.4 Å². The van der Waals surface area contributed by atoms with E-state index in [1.54, 1.807) is 11.3 Å². The van der Waals surface area contributed by atoms with Crippen LogP contribution in [0.2, 0.25) is 0 Å². The maximum atomic E-state index is 5.64. The molecule has 3 aromatic rings. The number of hydrogen-bond acceptors (Lipinski definition) is 5. The second-order valence-electron chi connectivity index (χ2n) is 3.94. The summed E-state index contributed by atoms with van der Waals surface area (Å²) < 4.78 is 5.23. The van der Waals surface area contributed by atoms with E-state index >= 15 is 0 Å². The van der Waals surface area contributed by atoms with Gasteiger partial charge in [-0.3, -0.25) is 0 Å². The minimum atomic E-state index is 0.597. The molecule has 0 aliphatic rings. The van der Waals surface area contributed by atoms with Gasteiger partial charge in [0.1, 0.15) is 0 Å². The molecule has 3 rings (SSSR count). The lowest BCUT2D eigenvalue weighted by Crippen LogP contribution is -1.87. The highest BCUT2D eigenvalue weighted by molar-refractivity contribution is 7.07. The lowest BCUT2D eigenvalue weighted by atomic mass is 10.2. The van der Waals surface area contributed by atoms with Crippen LogP contribution in [-0.2, 0) is 6.42 Å². The van der Waals surface area contributed by atoms with E-state index in [1.165, 1.54) is 5.56 Å². The molecular weight excluding hydrogens is 246 g/mol. The number of nitrogens with two attached hydrogens (primary N) is 1. The van der Waals surface area contributed by atoms with Crippen LogP contribution in [0.5, 0.6) is 0 Å². The Morgan fingerprint density at radius 3 is 2.72 bits per heavy atom. The molecule has 0 saturated carbocycles. The zero-order chi connectivity index (χ0) is 12.4. The summed E-state index contributed by atoms with van der Waals surface area (Å²) in [6, 6.07) is 9.47. The molecule has 0 unspecified atom stereocenters. The Bertz CT molecular complexity index is 629. The van der Waals surface area contributed by atoms with Crippen molar-refractivity contribution in [2.75, 3.05) is 5.73 Å². The van der Waals surface area contributed by atoms with E-state index in [9.17, 15) is 0 Å². The SMILES string of the molecule is Nc1ccc(-c2noc(Cc3ccsc3)n2)cc1. The van der Waals surface area contributed by atoms with E-state index < -0.39 is 0 Å². The summed E-state index contributed by atoms with van der Waals surface area (Å²) in [5, 5.41) is 8.08. The number of nitrogen functional groups attached to an aromatic ring is 1. The average molecular weight is 257 g/mol. The summed E-state index contributed by atoms with van der Waals surface area (Å²) >= 11 is 1.66. The maximum absolute atomic E-state index is 5.64. The zero-order valence-corrected chi connectivity index (χ0v) is 10.4. The molecule has 0 atom stereocenters. The Morgan fingerprint density at radius 1 is 1.17 bits per heavy atom. The van der Waals surface area contributed by atoms with Crippen LogP contribution in [0.1, 0.15) is 11.5 Å². The van der Waals surface area contributed by atoms with Gasteiger partial charge in [-0.1, -0.05) is 5.16 Å². The Morgan fingerprint density at radius 2 is 2.00 bits per heavy atom. The predicted molar refractivity (Wildman–Crippen MR) is 71.3 cm³/mol. The minimum Gasteiger partial charge on any atom is -0.399 e. The van der Waals surface area contributed by atoms with Crippen molar-refractivity contribution in [2.24, 2.45) is 0 Å². The van der Waals surface area contributed by atoms with Crippen LogP contribution < -0.4 is 5.73 Å². The van der Waals surface area contributed by atoms with E-state index in [0.29, 0.717) is 18.1 Å². The Kier molecular flexibility index (Phi) is 2.82. The van der Waals surface area contributed by atoms with Crippen LogP contribution in [-0.4, -0.2) is 10.1 Å². The van der Waals surface area contributed by atoms with Crippen LogP contribution in [0, 0.1) is 0 Å². The third-order valence-electron chi connectivity index (χ3n) is 2.57. The fourth-order valence-electron chi connectivity index (χ4n) is 1.64. The number of hydrogen-bond donors (Lipinski definition) is 1. The van der Waals surface area contributed by atoms with Crippen molar-refractivity contribution in [3.8, 4) is 11.4 Å². The lowest BCUT2D eigenvalue weighted by Gasteiger charge is -1.94. The molecule has 0 amide bonds. The molecule has 2 N–H and O–H groups in total. The van der Waals surface area contributed by atoms with Gasteiger partial charge in [0, 0.05) is 11.3 Å². The molecule has 1 aromatic carbocycles. The topological polar surface area (TPSA) is 64.9 Å². The Balaban J connectivity index is 1.83. The molecule has 4 nitrogen and oxygen atoms in total. The number of benzene rings is 1. The van der Waals surface area contributed by atoms with Crippen molar-refractivity contribution in [1.82, 2.24) is 10.1 Å². The van der Waals surface area contributed by atoms with Gasteiger partial charge in [0.05, 0.1) is 6.42 Å². The van der Waals surface area contributed by atoms with E-state index in [-0.39, 0.29) is 0 Å². The number of nitrogens with zero attached hydrogens (tertiary/aromatic N) is 2. The quantitative estimate of drug-likeness (QED) is 0.732. The largest absolute Gasteiger partial charge is 0.399 e. The monoisotopic (exact) mass is 257 g/mol. The van der Waals surface area contributed by atoms with E-state index in [0.717, 1.165) is 11.3 Å². The van der Waals surface area contributed by atoms with E-state index in [2.05, 4.69) is 21.6 Å². The van der Waals surface area contributed by atoms with Gasteiger partial charge in [0.25, 0.3) is 0 Å². The number of anilines is 1. The second-order valence-corrected chi connectivity index (χ2v) is 4.72. The summed E-state index contributed by atoms with van der Waals surface area (Å²) in [7, 11) is 0. The highest BCUT2D eigenvalue weighted by Crippen LogP contribution is 2.18. The van der Waals surface area contributed by atoms with Gasteiger partial charge < -0.3 is 10.3 Å². The third-order valence-corrected chi connectivity index (χ3v) is 3.30. The van der Waals surface area contributed by atoms with Crippen molar-refractivity contribution < 1.29 is 4.52 Å². The summed E-state index contributed by atoms with van der Waals surface area (Å²) in [5.41, 5.74) is 8.45. The second kappa shape index (κ2) is 4.62. The van der Waals surface area contributed by atoms with Gasteiger partial charge in [-0.2, -0.15) is 16.3 Å². The van der Waals surface area contributed by atoms with Crippen LogP contribution in [0.15, 0.2) is 45.6 Å². The van der Waals surface area contributed by atoms with Crippen molar-refractivity contribution in [3.63, 3.8) is 0 Å². The fourth-order valence-corrected chi connectivity index (χ4v) is 2.31. The number of thiophene rings is 1. The van der Waals surface area contributed by atoms with Crippen molar-refractivity contribution in [1.29, 1.82) is 0 Å². The van der Waals surface area contributed by atoms with Crippen molar-refractivity contribution in [3.05, 3.63) is 52.5 Å². The smallest absolute Gasteiger partial charge is 0.231 e. The summed E-state index contributed by atoms with van der Waals surface area (Å²) in [6.45, 7) is 0. The molecule has 0 radical (unpaired) electrons. The van der Waals surface area contributed by atoms with Gasteiger partial charge in [-0.25, -0.2) is 0 Å². The van der Waals surface area contributed by atoms with Gasteiger partial charge in [-0.05, 0) is 46.7 Å². The van der Waals surface area contributed by atoms with Crippen molar-refractivity contribution in [2.45, 2.75) is 6.42 Å². The maximum Gasteiger partial charge on any atom is 0.231 e. The highest BCUT2D eigenvalue weighted by atomic mass is 32.1. The normalized spacial score (nSPS) is 10.7. The first-order chi connectivity index (χ1) is 8.81. The molecule has 0 aliphatic carbocycles. The molecule has 0 fully saturated rings. The summed E-state index contributed by atoms with van der Waals surface area (Å²) in [5.74, 6) is 1.22. The van der Waals surface area contributed by atoms with Crippen molar-refractivity contribution >= 4 is 17.0 Å². The lowest BCUT2D eigenvalue weighted by molar-refractivity contribution is 0.386. The molecule has 0 bridgehead atoms. The van der Waals surface area contributed by atoms with Gasteiger partial charge in [-0.15, -0.1) is 0 Å². The van der Waals surface area contributed by atoms with E-state index in [1.807, 2.05) is 29.6 Å². The zero-order valence-electron chi connectivity index (χ0n) is 9.54. The fraction of sp³-hybridized carbons (Fsp3) is 0.0769. The first kappa shape index (κ1) is 11.0. The van der Waals surface area contributed by atoms with Crippen LogP contribution >= 0.6 is 11.3 Å². The predicted octanol–water partition coefficient (Wildman–Crippen LogP) is 2.97. The first-order valence-electron chi connectivity index (χ1n) is 5.51. The van der Waals surface area contributed by atoms with E-state index in [4.69, 9.17) is 10.3 Å². The average Bonchev–Trinajstić information content (AvgIpc) is 3.02. The number of aromatic nitrogens is 2. The van der Waals surface area contributed by atoms with Crippen LogP contribution in [0.3, 0.4) is 0 Å². The van der Waals surface area contributed by atoms with Crippen LogP contribution in [0.4, 0.5) is 5.69 Å². The molecule has 0 spiro atoms. The Labute approximate surface area is 108 Å². The summed E-state index contributed by atoms with van der Waals surface area (Å²) in [4.78, 5) is 4.37. The number of rotatable bonds is 3. The molecule has 5 heteroatoms. The molecule has 0 saturated heterocycles. The first-order valence-corrected chi connectivity index (χ1v) is 6.45. The third kappa shape index (κ3) is 2.26. The molecule has 0 aliphatic heterocycles. The standard InChI is InChI=1S/C13H11N3OS/c14-11-3-1-10(2-4-11)13-15-12(17-16-13)7-9-5-6-18-8-9/h1-6,8H,7,14H2. The summed E-state index contributed by atoms with van der Waals surface area (Å²) in [6.07, 6.45) is 0.672. The highest BCUT2D eigenvalue weighted by Gasteiger charge is 2.09. The van der Waals surface area contributed by atoms with Gasteiger partial charge in [0.15, 0.2) is 0 Å². The molecule has 2 heterocycles. The molecule has 90 valence electrons. The molecule has 2 aromatic heterocycles. The van der Waals surface area contributed by atoms with Gasteiger partial charge in [0.2, 0.25) is 11.7 Å².